The molecule has 2 aromatic carbocycles. The van der Waals surface area contributed by atoms with Crippen LogP contribution in [-0.2, 0) is 9.53 Å². The summed E-state index contributed by atoms with van der Waals surface area (Å²) in [5.74, 6) is -0.613. The highest BCUT2D eigenvalue weighted by Crippen LogP contribution is 2.17. The molecule has 0 spiro atoms. The number of ether oxygens (including phenoxy) is 2. The molecule has 8 heteroatoms. The average Bonchev–Trinajstić information content (AvgIpc) is 2.73. The zero-order valence-corrected chi connectivity index (χ0v) is 16.3. The quantitative estimate of drug-likeness (QED) is 0.645. The molecule has 1 amide bonds. The number of hydrogen-bond acceptors (Lipinski definition) is 6. The number of amides is 1. The van der Waals surface area contributed by atoms with Gasteiger partial charge in [-0.2, -0.15) is 5.10 Å². The molecule has 29 heavy (non-hydrogen) atoms. The molecule has 0 radical (unpaired) electrons. The molecule has 3 rings (SSSR count). The van der Waals surface area contributed by atoms with Gasteiger partial charge in [-0.3, -0.25) is 9.59 Å². The second-order valence-electron chi connectivity index (χ2n) is 6.59. The first-order chi connectivity index (χ1) is 13.9. The van der Waals surface area contributed by atoms with Gasteiger partial charge in [0.2, 0.25) is 0 Å². The van der Waals surface area contributed by atoms with Gasteiger partial charge in [0.15, 0.2) is 12.3 Å². The summed E-state index contributed by atoms with van der Waals surface area (Å²) in [7, 11) is 1.55. The summed E-state index contributed by atoms with van der Waals surface area (Å²) in [5.41, 5.74) is 0.249. The van der Waals surface area contributed by atoms with Crippen molar-refractivity contribution < 1.29 is 19.1 Å². The van der Waals surface area contributed by atoms with Crippen LogP contribution in [0.4, 0.5) is 5.69 Å². The fourth-order valence-electron chi connectivity index (χ4n) is 2.78. The van der Waals surface area contributed by atoms with Gasteiger partial charge in [-0.25, -0.2) is 9.48 Å². The molecule has 1 heterocycles. The zero-order valence-electron chi connectivity index (χ0n) is 16.3. The lowest BCUT2D eigenvalue weighted by Gasteiger charge is -2.13. The number of nitrogens with zero attached hydrogens (tertiary/aromatic N) is 2. The first-order valence-electron chi connectivity index (χ1n) is 9.03. The van der Waals surface area contributed by atoms with Crippen molar-refractivity contribution in [3.63, 3.8) is 0 Å². The van der Waals surface area contributed by atoms with Crippen molar-refractivity contribution in [3.8, 4) is 5.75 Å². The topological polar surface area (TPSA) is 99.5 Å². The van der Waals surface area contributed by atoms with Crippen molar-refractivity contribution in [3.05, 3.63) is 64.6 Å². The Labute approximate surface area is 167 Å². The van der Waals surface area contributed by atoms with Crippen LogP contribution in [-0.4, -0.2) is 35.4 Å². The summed E-state index contributed by atoms with van der Waals surface area (Å²) in [5, 5.41) is 7.54. The summed E-state index contributed by atoms with van der Waals surface area (Å²) >= 11 is 0. The Balaban J connectivity index is 1.76. The van der Waals surface area contributed by atoms with Crippen LogP contribution in [0.3, 0.4) is 0 Å². The van der Waals surface area contributed by atoms with Crippen molar-refractivity contribution >= 4 is 28.3 Å². The van der Waals surface area contributed by atoms with Crippen molar-refractivity contribution in [2.24, 2.45) is 0 Å². The number of benzene rings is 2. The van der Waals surface area contributed by atoms with E-state index >= 15 is 0 Å². The predicted octanol–water partition coefficient (Wildman–Crippen LogP) is 2.78. The first kappa shape index (κ1) is 20.1. The fraction of sp³-hybridized carbons (Fsp3) is 0.238. The molecule has 150 valence electrons. The average molecular weight is 395 g/mol. The molecule has 3 aromatic rings. The number of aromatic nitrogens is 2. The van der Waals surface area contributed by atoms with Crippen molar-refractivity contribution in [1.82, 2.24) is 9.78 Å². The SMILES string of the molecule is COc1ccc(NC(=O)COC(=O)c2nn(C(C)C)c(=O)c3ccccc23)cc1. The molecule has 0 unspecified atom stereocenters. The summed E-state index contributed by atoms with van der Waals surface area (Å²) < 4.78 is 11.4. The summed E-state index contributed by atoms with van der Waals surface area (Å²) in [6, 6.07) is 13.2. The van der Waals surface area contributed by atoms with E-state index in [0.717, 1.165) is 0 Å². The number of anilines is 1. The maximum absolute atomic E-state index is 12.6. The molecule has 0 atom stereocenters. The zero-order chi connectivity index (χ0) is 21.0. The lowest BCUT2D eigenvalue weighted by Crippen LogP contribution is -2.28. The number of hydrogen-bond donors (Lipinski definition) is 1. The number of carbonyl (C=O) groups is 2. The van der Waals surface area contributed by atoms with Crippen molar-refractivity contribution in [1.29, 1.82) is 0 Å². The molecule has 0 aliphatic carbocycles. The Morgan fingerprint density at radius 3 is 2.34 bits per heavy atom. The van der Waals surface area contributed by atoms with E-state index in [1.54, 1.807) is 69.5 Å². The molecule has 8 nitrogen and oxygen atoms in total. The van der Waals surface area contributed by atoms with Gasteiger partial charge in [0.05, 0.1) is 18.5 Å². The molecule has 0 aliphatic rings. The summed E-state index contributed by atoms with van der Waals surface area (Å²) in [6.45, 7) is 3.10. The number of nitrogens with one attached hydrogen (secondary N) is 1. The smallest absolute Gasteiger partial charge is 0.359 e. The van der Waals surface area contributed by atoms with Crippen LogP contribution in [0.25, 0.3) is 10.8 Å². The fourth-order valence-corrected chi connectivity index (χ4v) is 2.78. The van der Waals surface area contributed by atoms with Gasteiger partial charge in [-0.15, -0.1) is 0 Å². The van der Waals surface area contributed by atoms with Crippen LogP contribution in [0.1, 0.15) is 30.4 Å². The molecule has 0 saturated carbocycles. The summed E-state index contributed by atoms with van der Waals surface area (Å²) in [6.07, 6.45) is 0. The highest BCUT2D eigenvalue weighted by molar-refractivity contribution is 6.03. The third-order valence-corrected chi connectivity index (χ3v) is 4.22. The number of esters is 1. The van der Waals surface area contributed by atoms with Crippen molar-refractivity contribution in [2.75, 3.05) is 19.0 Å². The molecule has 0 bridgehead atoms. The lowest BCUT2D eigenvalue weighted by atomic mass is 10.1. The minimum Gasteiger partial charge on any atom is -0.497 e. The van der Waals surface area contributed by atoms with Crippen LogP contribution in [0.15, 0.2) is 53.3 Å². The maximum atomic E-state index is 12.6. The van der Waals surface area contributed by atoms with Crippen LogP contribution in [0, 0.1) is 0 Å². The minimum absolute atomic E-state index is 0.00820. The normalized spacial score (nSPS) is 10.8. The number of rotatable bonds is 6. The Hall–Kier alpha value is -3.68. The minimum atomic E-state index is -0.777. The monoisotopic (exact) mass is 395 g/mol. The van der Waals surface area contributed by atoms with Gasteiger partial charge < -0.3 is 14.8 Å². The van der Waals surface area contributed by atoms with Crippen LogP contribution in [0.5, 0.6) is 5.75 Å². The molecule has 1 aromatic heterocycles. The number of methoxy groups -OCH3 is 1. The van der Waals surface area contributed by atoms with E-state index in [1.807, 2.05) is 0 Å². The molecular formula is C21H21N3O5. The van der Waals surface area contributed by atoms with E-state index in [4.69, 9.17) is 9.47 Å². The number of fused-ring (bicyclic) bond motifs is 1. The van der Waals surface area contributed by atoms with E-state index in [1.165, 1.54) is 4.68 Å². The highest BCUT2D eigenvalue weighted by Gasteiger charge is 2.20. The van der Waals surface area contributed by atoms with Gasteiger partial charge >= 0.3 is 5.97 Å². The standard InChI is InChI=1S/C21H21N3O5/c1-13(2)24-20(26)17-7-5-4-6-16(17)19(23-24)21(27)29-12-18(25)22-14-8-10-15(28-3)11-9-14/h4-11,13H,12H2,1-3H3,(H,22,25). The van der Waals surface area contributed by atoms with E-state index in [2.05, 4.69) is 10.4 Å². The Kier molecular flexibility index (Phi) is 5.92. The third kappa shape index (κ3) is 4.43. The molecule has 0 saturated heterocycles. The maximum Gasteiger partial charge on any atom is 0.359 e. The van der Waals surface area contributed by atoms with Gasteiger partial charge in [-0.1, -0.05) is 18.2 Å². The van der Waals surface area contributed by atoms with Gasteiger partial charge in [0.25, 0.3) is 11.5 Å². The Morgan fingerprint density at radius 2 is 1.72 bits per heavy atom. The first-order valence-corrected chi connectivity index (χ1v) is 9.03. The largest absolute Gasteiger partial charge is 0.497 e. The molecular weight excluding hydrogens is 374 g/mol. The van der Waals surface area contributed by atoms with E-state index < -0.39 is 18.5 Å². The van der Waals surface area contributed by atoms with E-state index in [-0.39, 0.29) is 17.3 Å². The third-order valence-electron chi connectivity index (χ3n) is 4.22. The van der Waals surface area contributed by atoms with Crippen LogP contribution >= 0.6 is 0 Å². The lowest BCUT2D eigenvalue weighted by molar-refractivity contribution is -0.119. The molecule has 1 N–H and O–H groups in total. The summed E-state index contributed by atoms with van der Waals surface area (Å²) in [4.78, 5) is 37.2. The Bertz CT molecular complexity index is 1100. The van der Waals surface area contributed by atoms with Crippen LogP contribution in [0.2, 0.25) is 0 Å². The van der Waals surface area contributed by atoms with Crippen LogP contribution < -0.4 is 15.6 Å². The van der Waals surface area contributed by atoms with Crippen molar-refractivity contribution in [2.45, 2.75) is 19.9 Å². The highest BCUT2D eigenvalue weighted by atomic mass is 16.5. The van der Waals surface area contributed by atoms with E-state index in [0.29, 0.717) is 22.2 Å². The van der Waals surface area contributed by atoms with Gasteiger partial charge in [0.1, 0.15) is 5.75 Å². The molecule has 0 aliphatic heterocycles. The van der Waals surface area contributed by atoms with Gasteiger partial charge in [0, 0.05) is 11.1 Å². The molecule has 0 fully saturated rings. The predicted molar refractivity (Wildman–Crippen MR) is 108 cm³/mol. The number of carbonyl (C=O) groups excluding carboxylic acids is 2. The van der Waals surface area contributed by atoms with E-state index in [9.17, 15) is 14.4 Å². The second kappa shape index (κ2) is 8.55. The second-order valence-corrected chi connectivity index (χ2v) is 6.59. The van der Waals surface area contributed by atoms with Gasteiger partial charge in [-0.05, 0) is 44.2 Å². The Morgan fingerprint density at radius 1 is 1.07 bits per heavy atom.